The van der Waals surface area contributed by atoms with Crippen LogP contribution in [0.2, 0.25) is 0 Å². The van der Waals surface area contributed by atoms with Gasteiger partial charge in [-0.25, -0.2) is 0 Å². The van der Waals surface area contributed by atoms with Crippen molar-refractivity contribution in [3.05, 3.63) is 12.7 Å². The zero-order chi connectivity index (χ0) is 6.41. The fraction of sp³-hybridized carbons (Fsp3) is 0.667. The SMILES string of the molecule is C=CCC(CN)CN. The van der Waals surface area contributed by atoms with Crippen LogP contribution in [0.4, 0.5) is 0 Å². The van der Waals surface area contributed by atoms with Gasteiger partial charge in [-0.2, -0.15) is 0 Å². The number of hydrogen-bond donors (Lipinski definition) is 2. The van der Waals surface area contributed by atoms with Crippen LogP contribution in [0.25, 0.3) is 0 Å². The molecule has 0 unspecified atom stereocenters. The van der Waals surface area contributed by atoms with E-state index < -0.39 is 0 Å². The van der Waals surface area contributed by atoms with Crippen molar-refractivity contribution in [1.82, 2.24) is 0 Å². The molecule has 0 aromatic rings. The van der Waals surface area contributed by atoms with Crippen LogP contribution in [-0.4, -0.2) is 13.1 Å². The van der Waals surface area contributed by atoms with E-state index in [1.54, 1.807) is 0 Å². The van der Waals surface area contributed by atoms with Crippen molar-refractivity contribution in [2.24, 2.45) is 17.4 Å². The second-order valence-electron chi connectivity index (χ2n) is 1.86. The Morgan fingerprint density at radius 2 is 1.88 bits per heavy atom. The molecule has 0 atom stereocenters. The highest BCUT2D eigenvalue weighted by atomic mass is 14.6. The Morgan fingerprint density at radius 3 is 2.00 bits per heavy atom. The molecule has 0 radical (unpaired) electrons. The number of allylic oxidation sites excluding steroid dienone is 1. The second kappa shape index (κ2) is 4.81. The molecule has 0 aliphatic rings. The molecule has 0 fully saturated rings. The van der Waals surface area contributed by atoms with Crippen LogP contribution in [0.15, 0.2) is 12.7 Å². The minimum Gasteiger partial charge on any atom is -0.330 e. The van der Waals surface area contributed by atoms with Gasteiger partial charge in [-0.05, 0) is 25.4 Å². The van der Waals surface area contributed by atoms with Crippen LogP contribution in [0.3, 0.4) is 0 Å². The molecule has 0 saturated heterocycles. The Morgan fingerprint density at radius 1 is 1.38 bits per heavy atom. The highest BCUT2D eigenvalue weighted by Gasteiger charge is 1.98. The molecule has 2 nitrogen and oxygen atoms in total. The predicted octanol–water partition coefficient (Wildman–Crippen LogP) is 0.0961. The van der Waals surface area contributed by atoms with Crippen molar-refractivity contribution < 1.29 is 0 Å². The molecule has 0 heterocycles. The van der Waals surface area contributed by atoms with E-state index in [2.05, 4.69) is 6.58 Å². The van der Waals surface area contributed by atoms with Gasteiger partial charge < -0.3 is 11.5 Å². The van der Waals surface area contributed by atoms with E-state index in [0.29, 0.717) is 19.0 Å². The van der Waals surface area contributed by atoms with Crippen LogP contribution in [0, 0.1) is 5.92 Å². The molecule has 48 valence electrons. The van der Waals surface area contributed by atoms with Crippen LogP contribution < -0.4 is 11.5 Å². The molecular formula is C6H14N2. The van der Waals surface area contributed by atoms with Gasteiger partial charge in [0.1, 0.15) is 0 Å². The zero-order valence-corrected chi connectivity index (χ0v) is 5.14. The lowest BCUT2D eigenvalue weighted by atomic mass is 10.1. The average molecular weight is 114 g/mol. The maximum atomic E-state index is 5.34. The van der Waals surface area contributed by atoms with Crippen molar-refractivity contribution in [1.29, 1.82) is 0 Å². The third-order valence-electron chi connectivity index (χ3n) is 1.17. The van der Waals surface area contributed by atoms with Gasteiger partial charge in [-0.1, -0.05) is 6.08 Å². The third kappa shape index (κ3) is 2.77. The molecule has 2 heteroatoms. The largest absolute Gasteiger partial charge is 0.330 e. The quantitative estimate of drug-likeness (QED) is 0.509. The Bertz CT molecular complexity index is 57.5. The molecule has 0 aliphatic carbocycles. The number of rotatable bonds is 4. The summed E-state index contributed by atoms with van der Waals surface area (Å²) in [6, 6.07) is 0. The standard InChI is InChI=1S/C6H14N2/c1-2-3-6(4-7)5-8/h2,6H,1,3-5,7-8H2. The molecule has 0 spiro atoms. The van der Waals surface area contributed by atoms with Gasteiger partial charge in [0.15, 0.2) is 0 Å². The molecular weight excluding hydrogens is 100 g/mol. The lowest BCUT2D eigenvalue weighted by Gasteiger charge is -2.06. The summed E-state index contributed by atoms with van der Waals surface area (Å²) in [5, 5.41) is 0. The van der Waals surface area contributed by atoms with Crippen LogP contribution in [0.1, 0.15) is 6.42 Å². The minimum atomic E-state index is 0.437. The molecule has 0 aromatic heterocycles. The molecule has 8 heavy (non-hydrogen) atoms. The summed E-state index contributed by atoms with van der Waals surface area (Å²) in [5.74, 6) is 0.437. The van der Waals surface area contributed by atoms with Gasteiger partial charge in [0.2, 0.25) is 0 Å². The summed E-state index contributed by atoms with van der Waals surface area (Å²) in [5.41, 5.74) is 10.7. The molecule has 0 aromatic carbocycles. The first-order valence-corrected chi connectivity index (χ1v) is 2.86. The van der Waals surface area contributed by atoms with E-state index in [1.807, 2.05) is 6.08 Å². The summed E-state index contributed by atoms with van der Waals surface area (Å²) in [6.07, 6.45) is 2.79. The zero-order valence-electron chi connectivity index (χ0n) is 5.14. The van der Waals surface area contributed by atoms with E-state index in [0.717, 1.165) is 6.42 Å². The van der Waals surface area contributed by atoms with E-state index in [4.69, 9.17) is 11.5 Å². The van der Waals surface area contributed by atoms with Gasteiger partial charge >= 0.3 is 0 Å². The summed E-state index contributed by atoms with van der Waals surface area (Å²) < 4.78 is 0. The first-order valence-electron chi connectivity index (χ1n) is 2.86. The van der Waals surface area contributed by atoms with E-state index in [-0.39, 0.29) is 0 Å². The van der Waals surface area contributed by atoms with Gasteiger partial charge in [0.05, 0.1) is 0 Å². The summed E-state index contributed by atoms with van der Waals surface area (Å²) >= 11 is 0. The Labute approximate surface area is 50.6 Å². The maximum absolute atomic E-state index is 5.34. The third-order valence-corrected chi connectivity index (χ3v) is 1.17. The maximum Gasteiger partial charge on any atom is -0.00338 e. The molecule has 0 aliphatic heterocycles. The van der Waals surface area contributed by atoms with Crippen LogP contribution in [-0.2, 0) is 0 Å². The highest BCUT2D eigenvalue weighted by Crippen LogP contribution is 1.96. The Kier molecular flexibility index (Phi) is 4.61. The topological polar surface area (TPSA) is 52.0 Å². The summed E-state index contributed by atoms with van der Waals surface area (Å²) in [6.45, 7) is 4.92. The van der Waals surface area contributed by atoms with Gasteiger partial charge in [0.25, 0.3) is 0 Å². The molecule has 0 amide bonds. The smallest absolute Gasteiger partial charge is 0.00338 e. The van der Waals surface area contributed by atoms with Crippen molar-refractivity contribution >= 4 is 0 Å². The van der Waals surface area contributed by atoms with Crippen molar-refractivity contribution in [2.75, 3.05) is 13.1 Å². The number of hydrogen-bond acceptors (Lipinski definition) is 2. The van der Waals surface area contributed by atoms with Gasteiger partial charge in [0, 0.05) is 0 Å². The Hall–Kier alpha value is -0.340. The van der Waals surface area contributed by atoms with E-state index >= 15 is 0 Å². The molecule has 0 saturated carbocycles. The monoisotopic (exact) mass is 114 g/mol. The van der Waals surface area contributed by atoms with Crippen LogP contribution in [0.5, 0.6) is 0 Å². The van der Waals surface area contributed by atoms with E-state index in [1.165, 1.54) is 0 Å². The second-order valence-corrected chi connectivity index (χ2v) is 1.86. The van der Waals surface area contributed by atoms with Crippen molar-refractivity contribution in [2.45, 2.75) is 6.42 Å². The molecule has 0 bridgehead atoms. The lowest BCUT2D eigenvalue weighted by molar-refractivity contribution is 0.559. The summed E-state index contributed by atoms with van der Waals surface area (Å²) in [4.78, 5) is 0. The predicted molar refractivity (Wildman–Crippen MR) is 36.4 cm³/mol. The Balaban J connectivity index is 3.20. The normalized spacial score (nSPS) is 9.88. The number of nitrogens with two attached hydrogens (primary N) is 2. The van der Waals surface area contributed by atoms with Crippen molar-refractivity contribution in [3.63, 3.8) is 0 Å². The highest BCUT2D eigenvalue weighted by molar-refractivity contribution is 4.73. The fourth-order valence-corrected chi connectivity index (χ4v) is 0.524. The molecule has 4 N–H and O–H groups in total. The van der Waals surface area contributed by atoms with Gasteiger partial charge in [-0.3, -0.25) is 0 Å². The first-order chi connectivity index (χ1) is 3.85. The van der Waals surface area contributed by atoms with Crippen molar-refractivity contribution in [3.8, 4) is 0 Å². The lowest BCUT2D eigenvalue weighted by Crippen LogP contribution is -2.22. The average Bonchev–Trinajstić information content (AvgIpc) is 1.83. The van der Waals surface area contributed by atoms with Gasteiger partial charge in [-0.15, -0.1) is 6.58 Å². The molecule has 0 rings (SSSR count). The fourth-order valence-electron chi connectivity index (χ4n) is 0.524. The first kappa shape index (κ1) is 7.66. The van der Waals surface area contributed by atoms with Crippen LogP contribution >= 0.6 is 0 Å². The van der Waals surface area contributed by atoms with E-state index in [9.17, 15) is 0 Å². The minimum absolute atomic E-state index is 0.437. The summed E-state index contributed by atoms with van der Waals surface area (Å²) in [7, 11) is 0.